The Bertz CT molecular complexity index is 320. The normalized spacial score (nSPS) is 23.2. The molecule has 2 amide bonds. The third-order valence-electron chi connectivity index (χ3n) is 3.41. The minimum absolute atomic E-state index is 0.0930. The second-order valence-electron chi connectivity index (χ2n) is 4.82. The maximum Gasteiger partial charge on any atom is 0.315 e. The van der Waals surface area contributed by atoms with Crippen LogP contribution in [0.25, 0.3) is 0 Å². The standard InChI is InChI=1S/C13H22N2O3/c1-3-9(2)8-14-13(18)15-11-6-4-10(5-7-11)12(16)17/h10-11H,2-8H2,1H3,(H,16,17)(H2,14,15,18). The zero-order valence-electron chi connectivity index (χ0n) is 10.9. The zero-order valence-corrected chi connectivity index (χ0v) is 10.9. The maximum absolute atomic E-state index is 11.6. The Morgan fingerprint density at radius 2 is 1.89 bits per heavy atom. The van der Waals surface area contributed by atoms with Gasteiger partial charge in [-0.25, -0.2) is 4.79 Å². The van der Waals surface area contributed by atoms with Gasteiger partial charge in [-0.2, -0.15) is 0 Å². The van der Waals surface area contributed by atoms with Crippen LogP contribution in [0.4, 0.5) is 4.79 Å². The summed E-state index contributed by atoms with van der Waals surface area (Å²) in [6, 6.07) is -0.0983. The van der Waals surface area contributed by atoms with Crippen LogP contribution >= 0.6 is 0 Å². The van der Waals surface area contributed by atoms with E-state index >= 15 is 0 Å². The number of carbonyl (C=O) groups excluding carboxylic acids is 1. The van der Waals surface area contributed by atoms with Crippen molar-refractivity contribution in [3.8, 4) is 0 Å². The van der Waals surface area contributed by atoms with Crippen molar-refractivity contribution in [3.05, 3.63) is 12.2 Å². The number of rotatable bonds is 5. The first kappa shape index (κ1) is 14.5. The fourth-order valence-electron chi connectivity index (χ4n) is 2.05. The van der Waals surface area contributed by atoms with Crippen LogP contribution in [0, 0.1) is 5.92 Å². The molecule has 0 bridgehead atoms. The lowest BCUT2D eigenvalue weighted by atomic mass is 9.86. The lowest BCUT2D eigenvalue weighted by Crippen LogP contribution is -2.44. The van der Waals surface area contributed by atoms with E-state index in [1.807, 2.05) is 6.92 Å². The summed E-state index contributed by atoms with van der Waals surface area (Å²) in [6.07, 6.45) is 3.60. The minimum Gasteiger partial charge on any atom is -0.481 e. The van der Waals surface area contributed by atoms with Crippen molar-refractivity contribution < 1.29 is 14.7 Å². The molecule has 0 radical (unpaired) electrons. The van der Waals surface area contributed by atoms with Gasteiger partial charge in [0, 0.05) is 12.6 Å². The number of hydrogen-bond acceptors (Lipinski definition) is 2. The predicted molar refractivity (Wildman–Crippen MR) is 69.3 cm³/mol. The summed E-state index contributed by atoms with van der Waals surface area (Å²) in [6.45, 7) is 6.30. The van der Waals surface area contributed by atoms with Crippen LogP contribution in [0.3, 0.4) is 0 Å². The number of carboxylic acids is 1. The molecule has 0 saturated heterocycles. The third-order valence-corrected chi connectivity index (χ3v) is 3.41. The molecule has 0 aliphatic heterocycles. The smallest absolute Gasteiger partial charge is 0.315 e. The highest BCUT2D eigenvalue weighted by molar-refractivity contribution is 5.74. The van der Waals surface area contributed by atoms with E-state index in [1.165, 1.54) is 0 Å². The van der Waals surface area contributed by atoms with E-state index in [4.69, 9.17) is 5.11 Å². The molecule has 1 saturated carbocycles. The van der Waals surface area contributed by atoms with Crippen molar-refractivity contribution in [1.82, 2.24) is 10.6 Å². The van der Waals surface area contributed by atoms with Gasteiger partial charge in [0.2, 0.25) is 0 Å². The molecule has 0 aromatic rings. The molecule has 0 spiro atoms. The predicted octanol–water partition coefficient (Wildman–Crippen LogP) is 1.90. The van der Waals surface area contributed by atoms with Gasteiger partial charge in [-0.3, -0.25) is 4.79 Å². The molecular weight excluding hydrogens is 232 g/mol. The Balaban J connectivity index is 2.22. The summed E-state index contributed by atoms with van der Waals surface area (Å²) in [4.78, 5) is 22.4. The highest BCUT2D eigenvalue weighted by Gasteiger charge is 2.26. The van der Waals surface area contributed by atoms with Crippen LogP contribution in [0.1, 0.15) is 39.0 Å². The van der Waals surface area contributed by atoms with E-state index in [9.17, 15) is 9.59 Å². The Hall–Kier alpha value is -1.52. The van der Waals surface area contributed by atoms with Crippen LogP contribution in [0.15, 0.2) is 12.2 Å². The second-order valence-corrected chi connectivity index (χ2v) is 4.82. The average Bonchev–Trinajstić information content (AvgIpc) is 2.36. The van der Waals surface area contributed by atoms with E-state index in [0.29, 0.717) is 19.4 Å². The van der Waals surface area contributed by atoms with Crippen LogP contribution in [-0.2, 0) is 4.79 Å². The number of urea groups is 1. The number of nitrogens with one attached hydrogen (secondary N) is 2. The molecule has 1 aliphatic rings. The van der Waals surface area contributed by atoms with Gasteiger partial charge in [-0.1, -0.05) is 19.1 Å². The average molecular weight is 254 g/mol. The Kier molecular flexibility index (Phi) is 5.68. The van der Waals surface area contributed by atoms with Crippen LogP contribution < -0.4 is 10.6 Å². The first-order chi connectivity index (χ1) is 8.52. The van der Waals surface area contributed by atoms with Gasteiger partial charge >= 0.3 is 12.0 Å². The Morgan fingerprint density at radius 1 is 1.28 bits per heavy atom. The largest absolute Gasteiger partial charge is 0.481 e. The fourth-order valence-corrected chi connectivity index (χ4v) is 2.05. The molecule has 18 heavy (non-hydrogen) atoms. The van der Waals surface area contributed by atoms with Gasteiger partial charge in [0.1, 0.15) is 0 Å². The fraction of sp³-hybridized carbons (Fsp3) is 0.692. The summed E-state index contributed by atoms with van der Waals surface area (Å²) < 4.78 is 0. The third kappa shape index (κ3) is 4.77. The van der Waals surface area contributed by atoms with E-state index in [-0.39, 0.29) is 18.0 Å². The summed E-state index contributed by atoms with van der Waals surface area (Å²) >= 11 is 0. The summed E-state index contributed by atoms with van der Waals surface area (Å²) in [5.74, 6) is -0.969. The highest BCUT2D eigenvalue weighted by atomic mass is 16.4. The zero-order chi connectivity index (χ0) is 13.5. The van der Waals surface area contributed by atoms with E-state index < -0.39 is 5.97 Å². The van der Waals surface area contributed by atoms with E-state index in [2.05, 4.69) is 17.2 Å². The van der Waals surface area contributed by atoms with E-state index in [0.717, 1.165) is 24.8 Å². The Labute approximate surface area is 108 Å². The molecule has 0 aromatic carbocycles. The molecule has 5 heteroatoms. The number of aliphatic carboxylic acids is 1. The second kappa shape index (κ2) is 7.03. The lowest BCUT2D eigenvalue weighted by Gasteiger charge is -2.26. The van der Waals surface area contributed by atoms with Gasteiger partial charge < -0.3 is 15.7 Å². The van der Waals surface area contributed by atoms with Gasteiger partial charge in [0.15, 0.2) is 0 Å². The molecule has 3 N–H and O–H groups in total. The highest BCUT2D eigenvalue weighted by Crippen LogP contribution is 2.24. The quantitative estimate of drug-likeness (QED) is 0.656. The van der Waals surface area contributed by atoms with Crippen molar-refractivity contribution in [1.29, 1.82) is 0 Å². The van der Waals surface area contributed by atoms with Crippen LogP contribution in [-0.4, -0.2) is 29.7 Å². The topological polar surface area (TPSA) is 78.4 Å². The first-order valence-electron chi connectivity index (χ1n) is 6.46. The maximum atomic E-state index is 11.6. The van der Waals surface area contributed by atoms with Gasteiger partial charge in [-0.15, -0.1) is 0 Å². The molecule has 0 heterocycles. The molecule has 5 nitrogen and oxygen atoms in total. The Morgan fingerprint density at radius 3 is 2.39 bits per heavy atom. The molecule has 1 rings (SSSR count). The summed E-state index contributed by atoms with van der Waals surface area (Å²) in [7, 11) is 0. The molecule has 0 atom stereocenters. The van der Waals surface area contributed by atoms with Crippen molar-refractivity contribution in [2.45, 2.75) is 45.1 Å². The van der Waals surface area contributed by atoms with Crippen LogP contribution in [0.2, 0.25) is 0 Å². The number of carboxylic acid groups (broad SMARTS) is 1. The first-order valence-corrected chi connectivity index (χ1v) is 6.46. The molecule has 102 valence electrons. The van der Waals surface area contributed by atoms with Gasteiger partial charge in [-0.05, 0) is 32.1 Å². The SMILES string of the molecule is C=C(CC)CNC(=O)NC1CCC(C(=O)O)CC1. The van der Waals surface area contributed by atoms with Crippen molar-refractivity contribution in [2.75, 3.05) is 6.54 Å². The van der Waals surface area contributed by atoms with Gasteiger partial charge in [0.25, 0.3) is 0 Å². The molecule has 1 fully saturated rings. The van der Waals surface area contributed by atoms with E-state index in [1.54, 1.807) is 0 Å². The van der Waals surface area contributed by atoms with Crippen LogP contribution in [0.5, 0.6) is 0 Å². The monoisotopic (exact) mass is 254 g/mol. The van der Waals surface area contributed by atoms with Crippen molar-refractivity contribution >= 4 is 12.0 Å². The van der Waals surface area contributed by atoms with Gasteiger partial charge in [0.05, 0.1) is 5.92 Å². The molecule has 1 aliphatic carbocycles. The number of carbonyl (C=O) groups is 2. The molecule has 0 unspecified atom stereocenters. The summed E-state index contributed by atoms with van der Waals surface area (Å²) in [5.41, 5.74) is 0.986. The van der Waals surface area contributed by atoms with Crippen molar-refractivity contribution in [3.63, 3.8) is 0 Å². The number of amides is 2. The molecule has 0 aromatic heterocycles. The van der Waals surface area contributed by atoms with Crippen molar-refractivity contribution in [2.24, 2.45) is 5.92 Å². The lowest BCUT2D eigenvalue weighted by molar-refractivity contribution is -0.142. The number of hydrogen-bond donors (Lipinski definition) is 3. The minimum atomic E-state index is -0.725. The summed E-state index contributed by atoms with van der Waals surface area (Å²) in [5, 5.41) is 14.5. The molecular formula is C13H22N2O3.